The Balaban J connectivity index is 2.00. The second-order valence-corrected chi connectivity index (χ2v) is 5.77. The average Bonchev–Trinajstić information content (AvgIpc) is 2.70. The number of carbonyl (C=O) groups excluding carboxylic acids is 2. The van der Waals surface area contributed by atoms with E-state index in [9.17, 15) is 22.8 Å². The first-order valence-corrected chi connectivity index (χ1v) is 8.24. The van der Waals surface area contributed by atoms with Gasteiger partial charge in [-0.3, -0.25) is 4.79 Å². The number of methoxy groups -OCH3 is 1. The van der Waals surface area contributed by atoms with Gasteiger partial charge in [0.1, 0.15) is 11.6 Å². The lowest BCUT2D eigenvalue weighted by Crippen LogP contribution is -2.17. The summed E-state index contributed by atoms with van der Waals surface area (Å²) in [5.41, 5.74) is -0.154. The standard InChI is InChI=1S/C20H16F3N3O3/c1-29-19(28)14-7-5-13(6-8-14)11-25-12-15(10-24)18(27)26-17-4-2-3-16(9-17)20(21,22)23/h2-9,12,25H,11H2,1H3,(H,26,27)/b15-12-. The molecule has 0 saturated carbocycles. The fourth-order valence-electron chi connectivity index (χ4n) is 2.27. The highest BCUT2D eigenvalue weighted by atomic mass is 19.4. The summed E-state index contributed by atoms with van der Waals surface area (Å²) in [5.74, 6) is -1.32. The third-order valence-corrected chi connectivity index (χ3v) is 3.74. The van der Waals surface area contributed by atoms with Crippen LogP contribution in [0.2, 0.25) is 0 Å². The summed E-state index contributed by atoms with van der Waals surface area (Å²) >= 11 is 0. The molecule has 0 heterocycles. The Morgan fingerprint density at radius 1 is 1.17 bits per heavy atom. The maximum absolute atomic E-state index is 12.7. The van der Waals surface area contributed by atoms with Crippen molar-refractivity contribution in [3.63, 3.8) is 0 Å². The summed E-state index contributed by atoms with van der Waals surface area (Å²) in [5, 5.41) is 14.2. The highest BCUT2D eigenvalue weighted by Gasteiger charge is 2.30. The number of anilines is 1. The molecular weight excluding hydrogens is 387 g/mol. The van der Waals surface area contributed by atoms with E-state index in [0.717, 1.165) is 30.0 Å². The van der Waals surface area contributed by atoms with Crippen molar-refractivity contribution in [1.82, 2.24) is 5.32 Å². The van der Waals surface area contributed by atoms with Gasteiger partial charge in [-0.25, -0.2) is 4.79 Å². The molecule has 0 atom stereocenters. The second-order valence-electron chi connectivity index (χ2n) is 5.77. The van der Waals surface area contributed by atoms with Gasteiger partial charge in [-0.1, -0.05) is 18.2 Å². The van der Waals surface area contributed by atoms with Crippen LogP contribution in [0.3, 0.4) is 0 Å². The number of hydrogen-bond acceptors (Lipinski definition) is 5. The average molecular weight is 403 g/mol. The third kappa shape index (κ3) is 6.10. The van der Waals surface area contributed by atoms with Crippen molar-refractivity contribution >= 4 is 17.6 Å². The van der Waals surface area contributed by atoms with Gasteiger partial charge < -0.3 is 15.4 Å². The molecule has 0 fully saturated rings. The number of nitrogens with zero attached hydrogens (tertiary/aromatic N) is 1. The van der Waals surface area contributed by atoms with Crippen molar-refractivity contribution in [2.24, 2.45) is 0 Å². The number of nitriles is 1. The minimum atomic E-state index is -4.54. The fourth-order valence-corrected chi connectivity index (χ4v) is 2.27. The van der Waals surface area contributed by atoms with Gasteiger partial charge in [-0.2, -0.15) is 18.4 Å². The third-order valence-electron chi connectivity index (χ3n) is 3.74. The molecular formula is C20H16F3N3O3. The van der Waals surface area contributed by atoms with Crippen molar-refractivity contribution in [3.8, 4) is 6.07 Å². The van der Waals surface area contributed by atoms with Crippen molar-refractivity contribution in [1.29, 1.82) is 5.26 Å². The zero-order valence-electron chi connectivity index (χ0n) is 15.2. The van der Waals surface area contributed by atoms with E-state index in [1.54, 1.807) is 30.3 Å². The van der Waals surface area contributed by atoms with Crippen LogP contribution in [0.15, 0.2) is 60.3 Å². The molecule has 2 N–H and O–H groups in total. The summed E-state index contributed by atoms with van der Waals surface area (Å²) < 4.78 is 42.8. The Labute approximate surface area is 164 Å². The largest absolute Gasteiger partial charge is 0.465 e. The fraction of sp³-hybridized carbons (Fsp3) is 0.150. The summed E-state index contributed by atoms with van der Waals surface area (Å²) in [6.45, 7) is 0.253. The maximum Gasteiger partial charge on any atom is 0.416 e. The maximum atomic E-state index is 12.7. The van der Waals surface area contributed by atoms with Crippen LogP contribution >= 0.6 is 0 Å². The molecule has 0 spiro atoms. The first-order valence-electron chi connectivity index (χ1n) is 8.24. The van der Waals surface area contributed by atoms with Crippen LogP contribution in [-0.4, -0.2) is 19.0 Å². The van der Waals surface area contributed by atoms with Crippen LogP contribution in [-0.2, 0) is 22.3 Å². The molecule has 0 aliphatic carbocycles. The molecule has 29 heavy (non-hydrogen) atoms. The highest BCUT2D eigenvalue weighted by molar-refractivity contribution is 6.06. The first-order chi connectivity index (χ1) is 13.7. The monoisotopic (exact) mass is 403 g/mol. The van der Waals surface area contributed by atoms with Gasteiger partial charge in [0.15, 0.2) is 0 Å². The number of carbonyl (C=O) groups is 2. The molecule has 2 aromatic carbocycles. The van der Waals surface area contributed by atoms with Crippen LogP contribution in [0, 0.1) is 11.3 Å². The smallest absolute Gasteiger partial charge is 0.416 e. The SMILES string of the molecule is COC(=O)c1ccc(CN/C=C(/C#N)C(=O)Nc2cccc(C(F)(F)F)c2)cc1. The van der Waals surface area contributed by atoms with Crippen molar-refractivity contribution in [2.75, 3.05) is 12.4 Å². The minimum Gasteiger partial charge on any atom is -0.465 e. The van der Waals surface area contributed by atoms with E-state index in [0.29, 0.717) is 5.56 Å². The second kappa shape index (κ2) is 9.41. The molecule has 0 radical (unpaired) electrons. The summed E-state index contributed by atoms with van der Waals surface area (Å²) in [6, 6.07) is 12.3. The molecule has 150 valence electrons. The number of hydrogen-bond donors (Lipinski definition) is 2. The summed E-state index contributed by atoms with van der Waals surface area (Å²) in [6.07, 6.45) is -3.38. The number of esters is 1. The lowest BCUT2D eigenvalue weighted by Gasteiger charge is -2.09. The Bertz CT molecular complexity index is 961. The number of benzene rings is 2. The van der Waals surface area contributed by atoms with Crippen LogP contribution in [0.25, 0.3) is 0 Å². The van der Waals surface area contributed by atoms with E-state index < -0.39 is 23.6 Å². The quantitative estimate of drug-likeness (QED) is 0.437. The van der Waals surface area contributed by atoms with Gasteiger partial charge in [0.05, 0.1) is 18.2 Å². The molecule has 0 aliphatic heterocycles. The Hall–Kier alpha value is -3.80. The van der Waals surface area contributed by atoms with E-state index in [2.05, 4.69) is 15.4 Å². The molecule has 0 unspecified atom stereocenters. The van der Waals surface area contributed by atoms with Crippen LogP contribution in [0.4, 0.5) is 18.9 Å². The number of amides is 1. The van der Waals surface area contributed by atoms with E-state index in [1.807, 2.05) is 0 Å². The molecule has 0 saturated heterocycles. The minimum absolute atomic E-state index is 0.0793. The van der Waals surface area contributed by atoms with Crippen molar-refractivity contribution < 1.29 is 27.5 Å². The van der Waals surface area contributed by atoms with Crippen molar-refractivity contribution in [2.45, 2.75) is 12.7 Å². The van der Waals surface area contributed by atoms with Gasteiger partial charge in [0.2, 0.25) is 0 Å². The lowest BCUT2D eigenvalue weighted by molar-refractivity contribution is -0.137. The zero-order chi connectivity index (χ0) is 21.4. The number of ether oxygens (including phenoxy) is 1. The zero-order valence-corrected chi connectivity index (χ0v) is 15.2. The summed E-state index contributed by atoms with van der Waals surface area (Å²) in [4.78, 5) is 23.5. The number of rotatable bonds is 6. The predicted octanol–water partition coefficient (Wildman–Crippen LogP) is 3.63. The van der Waals surface area contributed by atoms with Gasteiger partial charge in [0, 0.05) is 18.4 Å². The predicted molar refractivity (Wildman–Crippen MR) is 98.4 cm³/mol. The molecule has 2 rings (SSSR count). The molecule has 9 heteroatoms. The van der Waals surface area contributed by atoms with Gasteiger partial charge in [-0.05, 0) is 35.9 Å². The number of alkyl halides is 3. The Morgan fingerprint density at radius 3 is 2.45 bits per heavy atom. The van der Waals surface area contributed by atoms with Gasteiger partial charge in [0.25, 0.3) is 5.91 Å². The molecule has 6 nitrogen and oxygen atoms in total. The van der Waals surface area contributed by atoms with Crippen molar-refractivity contribution in [3.05, 3.63) is 77.0 Å². The topological polar surface area (TPSA) is 91.2 Å². The first kappa shape index (κ1) is 21.5. The normalized spacial score (nSPS) is 11.3. The van der Waals surface area contributed by atoms with E-state index in [1.165, 1.54) is 13.2 Å². The van der Waals surface area contributed by atoms with Gasteiger partial charge in [-0.15, -0.1) is 0 Å². The summed E-state index contributed by atoms with van der Waals surface area (Å²) in [7, 11) is 1.27. The van der Waals surface area contributed by atoms with E-state index in [-0.39, 0.29) is 17.8 Å². The Kier molecular flexibility index (Phi) is 6.98. The van der Waals surface area contributed by atoms with Crippen LogP contribution < -0.4 is 10.6 Å². The lowest BCUT2D eigenvalue weighted by atomic mass is 10.1. The number of halogens is 3. The van der Waals surface area contributed by atoms with E-state index >= 15 is 0 Å². The van der Waals surface area contributed by atoms with Crippen LogP contribution in [0.5, 0.6) is 0 Å². The molecule has 0 aliphatic rings. The molecule has 0 bridgehead atoms. The number of nitrogens with one attached hydrogen (secondary N) is 2. The van der Waals surface area contributed by atoms with Gasteiger partial charge >= 0.3 is 12.1 Å². The van der Waals surface area contributed by atoms with Crippen LogP contribution in [0.1, 0.15) is 21.5 Å². The highest BCUT2D eigenvalue weighted by Crippen LogP contribution is 2.30. The molecule has 2 aromatic rings. The Morgan fingerprint density at radius 2 is 1.86 bits per heavy atom. The molecule has 0 aromatic heterocycles. The molecule has 1 amide bonds. The van der Waals surface area contributed by atoms with E-state index in [4.69, 9.17) is 5.26 Å².